The van der Waals surface area contributed by atoms with Crippen molar-refractivity contribution in [2.24, 2.45) is 0 Å². The lowest BCUT2D eigenvalue weighted by Gasteiger charge is -2.41. The average molecular weight is 458 g/mol. The molecule has 1 atom stereocenters. The van der Waals surface area contributed by atoms with E-state index in [9.17, 15) is 9.59 Å². The number of para-hydroxylation sites is 1. The van der Waals surface area contributed by atoms with Gasteiger partial charge in [0.2, 0.25) is 5.91 Å². The molecule has 34 heavy (non-hydrogen) atoms. The van der Waals surface area contributed by atoms with Gasteiger partial charge >= 0.3 is 0 Å². The number of rotatable bonds is 6. The van der Waals surface area contributed by atoms with Gasteiger partial charge in [-0.05, 0) is 34.9 Å². The first kappa shape index (κ1) is 23.5. The average Bonchev–Trinajstić information content (AvgIpc) is 2.88. The molecule has 0 spiro atoms. The number of piperazine rings is 1. The minimum absolute atomic E-state index is 0.0458. The largest absolute Gasteiger partial charge is 0.496 e. The number of hydrogen-bond acceptors (Lipinski definition) is 4. The van der Waals surface area contributed by atoms with Gasteiger partial charge < -0.3 is 15.0 Å². The Labute approximate surface area is 201 Å². The molecule has 0 unspecified atom stereocenters. The monoisotopic (exact) mass is 457 g/mol. The first-order chi connectivity index (χ1) is 16.5. The SMILES string of the molecule is CNC(=O)c1cccc([C@H]2CN(Cc3ccccc3-c3ccccc3OC)CCN2C(C)=O)c1. The molecule has 1 saturated heterocycles. The lowest BCUT2D eigenvalue weighted by molar-refractivity contribution is -0.134. The van der Waals surface area contributed by atoms with Crippen LogP contribution in [-0.2, 0) is 11.3 Å². The van der Waals surface area contributed by atoms with E-state index >= 15 is 0 Å². The van der Waals surface area contributed by atoms with Gasteiger partial charge in [-0.25, -0.2) is 0 Å². The van der Waals surface area contributed by atoms with Crippen LogP contribution in [0.4, 0.5) is 0 Å². The molecular formula is C28H31N3O3. The van der Waals surface area contributed by atoms with Crippen LogP contribution in [-0.4, -0.2) is 55.4 Å². The quantitative estimate of drug-likeness (QED) is 0.605. The first-order valence-corrected chi connectivity index (χ1v) is 11.5. The molecule has 0 aromatic heterocycles. The van der Waals surface area contributed by atoms with Crippen molar-refractivity contribution in [1.29, 1.82) is 0 Å². The van der Waals surface area contributed by atoms with E-state index in [1.807, 2.05) is 47.4 Å². The molecule has 176 valence electrons. The van der Waals surface area contributed by atoms with Crippen LogP contribution in [0.15, 0.2) is 72.8 Å². The molecule has 4 rings (SSSR count). The molecule has 1 aliphatic rings. The summed E-state index contributed by atoms with van der Waals surface area (Å²) in [5.41, 5.74) is 4.99. The Bertz CT molecular complexity index is 1180. The fourth-order valence-corrected chi connectivity index (χ4v) is 4.71. The van der Waals surface area contributed by atoms with Crippen LogP contribution in [0.3, 0.4) is 0 Å². The number of nitrogens with zero attached hydrogens (tertiary/aromatic N) is 2. The Kier molecular flexibility index (Phi) is 7.28. The summed E-state index contributed by atoms with van der Waals surface area (Å²) in [6, 6.07) is 23.9. The highest BCUT2D eigenvalue weighted by Gasteiger charge is 2.30. The standard InChI is InChI=1S/C28H31N3O3/c1-20(32)31-16-15-30(19-26(31)21-10-8-11-22(17-21)28(33)29-2)18-23-9-4-5-12-24(23)25-13-6-7-14-27(25)34-3/h4-14,17,26H,15-16,18-19H2,1-3H3,(H,29,33)/t26-/m1/s1. The van der Waals surface area contributed by atoms with Crippen LogP contribution in [0.1, 0.15) is 34.5 Å². The summed E-state index contributed by atoms with van der Waals surface area (Å²) in [5, 5.41) is 2.68. The van der Waals surface area contributed by atoms with Crippen molar-refractivity contribution in [3.05, 3.63) is 89.5 Å². The second-order valence-electron chi connectivity index (χ2n) is 8.53. The third kappa shape index (κ3) is 4.97. The minimum Gasteiger partial charge on any atom is -0.496 e. The summed E-state index contributed by atoms with van der Waals surface area (Å²) in [6.45, 7) is 4.48. The van der Waals surface area contributed by atoms with E-state index in [1.165, 1.54) is 5.56 Å². The van der Waals surface area contributed by atoms with Crippen LogP contribution in [0, 0.1) is 0 Å². The third-order valence-corrected chi connectivity index (χ3v) is 6.44. The minimum atomic E-state index is -0.130. The van der Waals surface area contributed by atoms with Crippen LogP contribution in [0.2, 0.25) is 0 Å². The molecule has 1 heterocycles. The number of hydrogen-bond donors (Lipinski definition) is 1. The van der Waals surface area contributed by atoms with E-state index in [0.717, 1.165) is 35.5 Å². The maximum absolute atomic E-state index is 12.4. The van der Waals surface area contributed by atoms with Crippen molar-refractivity contribution >= 4 is 11.8 Å². The Morgan fingerprint density at radius 3 is 2.44 bits per heavy atom. The molecule has 1 aliphatic heterocycles. The highest BCUT2D eigenvalue weighted by molar-refractivity contribution is 5.94. The van der Waals surface area contributed by atoms with Crippen LogP contribution in [0.25, 0.3) is 11.1 Å². The number of ether oxygens (including phenoxy) is 1. The van der Waals surface area contributed by atoms with Gasteiger partial charge in [0.15, 0.2) is 0 Å². The molecule has 2 amide bonds. The second kappa shape index (κ2) is 10.5. The summed E-state index contributed by atoms with van der Waals surface area (Å²) < 4.78 is 5.61. The van der Waals surface area contributed by atoms with Gasteiger partial charge in [-0.2, -0.15) is 0 Å². The lowest BCUT2D eigenvalue weighted by atomic mass is 9.96. The van der Waals surface area contributed by atoms with Crippen LogP contribution in [0.5, 0.6) is 5.75 Å². The summed E-state index contributed by atoms with van der Waals surface area (Å²) in [5.74, 6) is 0.763. The highest BCUT2D eigenvalue weighted by Crippen LogP contribution is 2.34. The van der Waals surface area contributed by atoms with Crippen LogP contribution >= 0.6 is 0 Å². The summed E-state index contributed by atoms with van der Waals surface area (Å²) in [4.78, 5) is 28.9. The molecule has 6 heteroatoms. The zero-order valence-corrected chi connectivity index (χ0v) is 20.0. The first-order valence-electron chi connectivity index (χ1n) is 11.5. The molecule has 3 aromatic rings. The normalized spacial score (nSPS) is 16.2. The molecule has 3 aromatic carbocycles. The fraction of sp³-hybridized carbons (Fsp3) is 0.286. The Hall–Kier alpha value is -3.64. The molecule has 0 bridgehead atoms. The fourth-order valence-electron chi connectivity index (χ4n) is 4.71. The summed E-state index contributed by atoms with van der Waals surface area (Å²) in [6.07, 6.45) is 0. The maximum Gasteiger partial charge on any atom is 0.251 e. The van der Waals surface area contributed by atoms with E-state index in [-0.39, 0.29) is 17.9 Å². The van der Waals surface area contributed by atoms with E-state index in [1.54, 1.807) is 27.1 Å². The van der Waals surface area contributed by atoms with Crippen molar-refractivity contribution in [1.82, 2.24) is 15.1 Å². The topological polar surface area (TPSA) is 61.9 Å². The molecule has 0 radical (unpaired) electrons. The number of carbonyl (C=O) groups excluding carboxylic acids is 2. The molecule has 1 fully saturated rings. The number of carbonyl (C=O) groups is 2. The van der Waals surface area contributed by atoms with Gasteiger partial charge in [0.25, 0.3) is 5.91 Å². The van der Waals surface area contributed by atoms with Crippen LogP contribution < -0.4 is 10.1 Å². The number of amides is 2. The molecule has 1 N–H and O–H groups in total. The van der Waals surface area contributed by atoms with Gasteiger partial charge in [-0.3, -0.25) is 14.5 Å². The van der Waals surface area contributed by atoms with Crippen molar-refractivity contribution < 1.29 is 14.3 Å². The Morgan fingerprint density at radius 2 is 1.71 bits per heavy atom. The number of methoxy groups -OCH3 is 1. The van der Waals surface area contributed by atoms with Crippen molar-refractivity contribution in [2.75, 3.05) is 33.8 Å². The zero-order valence-electron chi connectivity index (χ0n) is 20.0. The van der Waals surface area contributed by atoms with Gasteiger partial charge in [-0.15, -0.1) is 0 Å². The summed E-state index contributed by atoms with van der Waals surface area (Å²) >= 11 is 0. The predicted octanol–water partition coefficient (Wildman–Crippen LogP) is 4.13. The molecule has 6 nitrogen and oxygen atoms in total. The van der Waals surface area contributed by atoms with Crippen molar-refractivity contribution in [2.45, 2.75) is 19.5 Å². The lowest BCUT2D eigenvalue weighted by Crippen LogP contribution is -2.49. The van der Waals surface area contributed by atoms with E-state index < -0.39 is 0 Å². The third-order valence-electron chi connectivity index (χ3n) is 6.44. The number of benzene rings is 3. The molecule has 0 aliphatic carbocycles. The zero-order chi connectivity index (χ0) is 24.1. The molecule has 0 saturated carbocycles. The van der Waals surface area contributed by atoms with Gasteiger partial charge in [-0.1, -0.05) is 54.6 Å². The predicted molar refractivity (Wildman–Crippen MR) is 134 cm³/mol. The van der Waals surface area contributed by atoms with Crippen molar-refractivity contribution in [3.8, 4) is 16.9 Å². The maximum atomic E-state index is 12.4. The van der Waals surface area contributed by atoms with Gasteiger partial charge in [0.05, 0.1) is 13.2 Å². The van der Waals surface area contributed by atoms with Crippen molar-refractivity contribution in [3.63, 3.8) is 0 Å². The Balaban J connectivity index is 1.62. The van der Waals surface area contributed by atoms with E-state index in [2.05, 4.69) is 34.5 Å². The second-order valence-corrected chi connectivity index (χ2v) is 8.53. The highest BCUT2D eigenvalue weighted by atomic mass is 16.5. The summed E-state index contributed by atoms with van der Waals surface area (Å²) in [7, 11) is 3.32. The number of nitrogens with one attached hydrogen (secondary N) is 1. The van der Waals surface area contributed by atoms with E-state index in [4.69, 9.17) is 4.74 Å². The smallest absolute Gasteiger partial charge is 0.251 e. The Morgan fingerprint density at radius 1 is 0.971 bits per heavy atom. The molecular weight excluding hydrogens is 426 g/mol. The van der Waals surface area contributed by atoms with Gasteiger partial charge in [0.1, 0.15) is 5.75 Å². The van der Waals surface area contributed by atoms with Gasteiger partial charge in [0, 0.05) is 51.3 Å². The van der Waals surface area contributed by atoms with E-state index in [0.29, 0.717) is 18.7 Å².